The van der Waals surface area contributed by atoms with Gasteiger partial charge in [0.2, 0.25) is 0 Å². The maximum atomic E-state index is 12.9. The molecule has 0 aliphatic heterocycles. The number of carboxylic acid groups (broad SMARTS) is 1. The molecule has 0 saturated heterocycles. The minimum Gasteiger partial charge on any atom is -0.478 e. The maximum absolute atomic E-state index is 12.9. The van der Waals surface area contributed by atoms with Crippen molar-refractivity contribution in [2.45, 2.75) is 26.2 Å². The molecular weight excluding hydrogens is 292 g/mol. The first-order chi connectivity index (χ1) is 10.7. The van der Waals surface area contributed by atoms with Crippen molar-refractivity contribution in [1.82, 2.24) is 0 Å². The third kappa shape index (κ3) is 2.27. The molecule has 0 saturated carbocycles. The Balaban J connectivity index is 2.40. The molecule has 0 unspecified atom stereocenters. The van der Waals surface area contributed by atoms with Gasteiger partial charge in [-0.15, -0.1) is 0 Å². The molecule has 0 fully saturated rings. The summed E-state index contributed by atoms with van der Waals surface area (Å²) in [5, 5.41) is 9.33. The minimum absolute atomic E-state index is 0.0224. The van der Waals surface area contributed by atoms with E-state index in [2.05, 4.69) is 0 Å². The molecular formula is C19H16O4. The van der Waals surface area contributed by atoms with Crippen LogP contribution >= 0.6 is 0 Å². The monoisotopic (exact) mass is 308 g/mol. The fourth-order valence-corrected chi connectivity index (χ4v) is 2.94. The fourth-order valence-electron chi connectivity index (χ4n) is 2.94. The van der Waals surface area contributed by atoms with Crippen molar-refractivity contribution >= 4 is 17.5 Å². The molecule has 116 valence electrons. The highest BCUT2D eigenvalue weighted by Gasteiger charge is 2.35. The summed E-state index contributed by atoms with van der Waals surface area (Å²) in [5.74, 6) is -1.64. The number of hydrogen-bond donors (Lipinski definition) is 1. The molecule has 0 amide bonds. The number of aromatic carboxylic acids is 1. The van der Waals surface area contributed by atoms with Gasteiger partial charge in [-0.3, -0.25) is 9.59 Å². The Labute approximate surface area is 133 Å². The van der Waals surface area contributed by atoms with Crippen molar-refractivity contribution in [3.63, 3.8) is 0 Å². The molecule has 0 heterocycles. The third-order valence-electron chi connectivity index (χ3n) is 4.08. The van der Waals surface area contributed by atoms with Gasteiger partial charge in [-0.05, 0) is 23.1 Å². The Morgan fingerprint density at radius 3 is 2.00 bits per heavy atom. The van der Waals surface area contributed by atoms with E-state index in [9.17, 15) is 19.5 Å². The number of benzene rings is 2. The quantitative estimate of drug-likeness (QED) is 0.747. The predicted octanol–water partition coefficient (Wildman–Crippen LogP) is 3.46. The van der Waals surface area contributed by atoms with E-state index >= 15 is 0 Å². The van der Waals surface area contributed by atoms with E-state index in [1.54, 1.807) is 24.3 Å². The van der Waals surface area contributed by atoms with Gasteiger partial charge in [-0.1, -0.05) is 45.0 Å². The second-order valence-corrected chi connectivity index (χ2v) is 6.71. The number of carbonyl (C=O) groups excluding carboxylic acids is 2. The summed E-state index contributed by atoms with van der Waals surface area (Å²) < 4.78 is 0. The zero-order chi connectivity index (χ0) is 16.9. The van der Waals surface area contributed by atoms with Crippen LogP contribution in [-0.4, -0.2) is 22.6 Å². The van der Waals surface area contributed by atoms with Crippen LogP contribution in [0.2, 0.25) is 0 Å². The van der Waals surface area contributed by atoms with Gasteiger partial charge >= 0.3 is 5.97 Å². The Bertz CT molecular complexity index is 869. The van der Waals surface area contributed by atoms with Crippen molar-refractivity contribution < 1.29 is 19.5 Å². The van der Waals surface area contributed by atoms with Crippen molar-refractivity contribution in [2.24, 2.45) is 0 Å². The van der Waals surface area contributed by atoms with Crippen LogP contribution in [0, 0.1) is 0 Å². The standard InChI is InChI=1S/C19H16O4/c1-19(2,3)14-9-10(18(22)23)8-13-15(14)17(21)12-7-5-4-6-11(12)16(13)20/h4-9H,1-3H3,(H,22,23). The number of carbonyl (C=O) groups is 3. The number of fused-ring (bicyclic) bond motifs is 2. The summed E-state index contributed by atoms with van der Waals surface area (Å²) in [7, 11) is 0. The number of carboxylic acids is 1. The van der Waals surface area contributed by atoms with Gasteiger partial charge in [0.25, 0.3) is 0 Å². The van der Waals surface area contributed by atoms with Crippen LogP contribution in [-0.2, 0) is 5.41 Å². The van der Waals surface area contributed by atoms with Gasteiger partial charge in [-0.2, -0.15) is 0 Å². The van der Waals surface area contributed by atoms with Crippen LogP contribution in [0.3, 0.4) is 0 Å². The summed E-state index contributed by atoms with van der Waals surface area (Å²) in [4.78, 5) is 37.1. The molecule has 23 heavy (non-hydrogen) atoms. The summed E-state index contributed by atoms with van der Waals surface area (Å²) in [6.45, 7) is 5.69. The van der Waals surface area contributed by atoms with Crippen LogP contribution in [0.15, 0.2) is 36.4 Å². The van der Waals surface area contributed by atoms with Crippen LogP contribution < -0.4 is 0 Å². The highest BCUT2D eigenvalue weighted by molar-refractivity contribution is 6.29. The number of ketones is 2. The van der Waals surface area contributed by atoms with Crippen molar-refractivity contribution in [2.75, 3.05) is 0 Å². The van der Waals surface area contributed by atoms with E-state index < -0.39 is 11.4 Å². The molecule has 1 N–H and O–H groups in total. The van der Waals surface area contributed by atoms with Gasteiger partial charge in [0.15, 0.2) is 11.6 Å². The van der Waals surface area contributed by atoms with Crippen LogP contribution in [0.5, 0.6) is 0 Å². The predicted molar refractivity (Wildman–Crippen MR) is 85.4 cm³/mol. The maximum Gasteiger partial charge on any atom is 0.335 e. The van der Waals surface area contributed by atoms with E-state index in [1.165, 1.54) is 12.1 Å². The highest BCUT2D eigenvalue weighted by Crippen LogP contribution is 2.36. The molecule has 2 aromatic carbocycles. The molecule has 0 atom stereocenters. The van der Waals surface area contributed by atoms with E-state index in [0.717, 1.165) is 0 Å². The average molecular weight is 308 g/mol. The minimum atomic E-state index is -1.11. The second-order valence-electron chi connectivity index (χ2n) is 6.71. The number of hydrogen-bond acceptors (Lipinski definition) is 3. The van der Waals surface area contributed by atoms with E-state index in [1.807, 2.05) is 20.8 Å². The lowest BCUT2D eigenvalue weighted by molar-refractivity contribution is 0.0696. The summed E-state index contributed by atoms with van der Waals surface area (Å²) in [5.41, 5.74) is 1.35. The normalized spacial score (nSPS) is 13.5. The van der Waals surface area contributed by atoms with E-state index in [4.69, 9.17) is 0 Å². The van der Waals surface area contributed by atoms with Gasteiger partial charge in [0, 0.05) is 22.3 Å². The molecule has 0 radical (unpaired) electrons. The molecule has 2 aromatic rings. The lowest BCUT2D eigenvalue weighted by atomic mass is 9.74. The van der Waals surface area contributed by atoms with E-state index in [0.29, 0.717) is 22.3 Å². The Kier molecular flexibility index (Phi) is 3.22. The Morgan fingerprint density at radius 1 is 0.913 bits per heavy atom. The molecule has 3 rings (SSSR count). The first-order valence-corrected chi connectivity index (χ1v) is 7.32. The van der Waals surface area contributed by atoms with E-state index in [-0.39, 0.29) is 22.7 Å². The topological polar surface area (TPSA) is 71.4 Å². The highest BCUT2D eigenvalue weighted by atomic mass is 16.4. The lowest BCUT2D eigenvalue weighted by Gasteiger charge is -2.27. The van der Waals surface area contributed by atoms with Gasteiger partial charge < -0.3 is 5.11 Å². The fraction of sp³-hybridized carbons (Fsp3) is 0.211. The summed E-state index contributed by atoms with van der Waals surface area (Å²) >= 11 is 0. The number of rotatable bonds is 1. The van der Waals surface area contributed by atoms with Crippen molar-refractivity contribution in [3.8, 4) is 0 Å². The molecule has 4 nitrogen and oxygen atoms in total. The second kappa shape index (κ2) is 4.88. The largest absolute Gasteiger partial charge is 0.478 e. The molecule has 1 aliphatic carbocycles. The van der Waals surface area contributed by atoms with Gasteiger partial charge in [-0.25, -0.2) is 4.79 Å². The van der Waals surface area contributed by atoms with Crippen LogP contribution in [0.1, 0.15) is 68.5 Å². The zero-order valence-electron chi connectivity index (χ0n) is 13.1. The van der Waals surface area contributed by atoms with Gasteiger partial charge in [0.1, 0.15) is 0 Å². The Morgan fingerprint density at radius 2 is 1.48 bits per heavy atom. The SMILES string of the molecule is CC(C)(C)c1cc(C(=O)O)cc2c1C(=O)c1ccccc1C2=O. The molecule has 0 aromatic heterocycles. The van der Waals surface area contributed by atoms with Crippen LogP contribution in [0.25, 0.3) is 0 Å². The lowest BCUT2D eigenvalue weighted by Crippen LogP contribution is -2.27. The van der Waals surface area contributed by atoms with Crippen molar-refractivity contribution in [1.29, 1.82) is 0 Å². The summed E-state index contributed by atoms with van der Waals surface area (Å²) in [6.07, 6.45) is 0. The van der Waals surface area contributed by atoms with Crippen molar-refractivity contribution in [3.05, 3.63) is 69.8 Å². The molecule has 1 aliphatic rings. The Hall–Kier alpha value is -2.75. The van der Waals surface area contributed by atoms with Crippen LogP contribution in [0.4, 0.5) is 0 Å². The average Bonchev–Trinajstić information content (AvgIpc) is 2.50. The van der Waals surface area contributed by atoms with Gasteiger partial charge in [0.05, 0.1) is 5.56 Å². The zero-order valence-corrected chi connectivity index (χ0v) is 13.1. The first-order valence-electron chi connectivity index (χ1n) is 7.32. The smallest absolute Gasteiger partial charge is 0.335 e. The molecule has 0 bridgehead atoms. The molecule has 0 spiro atoms. The first kappa shape index (κ1) is 15.2. The third-order valence-corrected chi connectivity index (χ3v) is 4.08. The summed E-state index contributed by atoms with van der Waals surface area (Å²) in [6, 6.07) is 9.46. The molecule has 4 heteroatoms.